The Morgan fingerprint density at radius 2 is 1.62 bits per heavy atom. The number of rotatable bonds is 3. The monoisotopic (exact) mass is 294 g/mol. The highest BCUT2D eigenvalue weighted by atomic mass is 16.5. The van der Waals surface area contributed by atoms with Crippen LogP contribution in [0.4, 0.5) is 0 Å². The molecule has 1 spiro atoms. The predicted molar refractivity (Wildman–Crippen MR) is 86.8 cm³/mol. The van der Waals surface area contributed by atoms with E-state index in [4.69, 9.17) is 10.6 Å². The maximum absolute atomic E-state index is 6.28. The van der Waals surface area contributed by atoms with Gasteiger partial charge in [-0.3, -0.25) is 11.3 Å². The molecule has 1 aliphatic heterocycles. The summed E-state index contributed by atoms with van der Waals surface area (Å²) in [5, 5.41) is 0. The Bertz CT molecular complexity index is 327. The minimum atomic E-state index is 0.196. The van der Waals surface area contributed by atoms with Gasteiger partial charge in [0.25, 0.3) is 0 Å². The maximum atomic E-state index is 6.28. The van der Waals surface area contributed by atoms with Gasteiger partial charge in [0.2, 0.25) is 0 Å². The minimum Gasteiger partial charge on any atom is -0.375 e. The van der Waals surface area contributed by atoms with Gasteiger partial charge in [0, 0.05) is 12.6 Å². The second-order valence-electron chi connectivity index (χ2n) is 8.20. The third kappa shape index (κ3) is 3.30. The van der Waals surface area contributed by atoms with E-state index in [1.165, 1.54) is 77.0 Å². The van der Waals surface area contributed by atoms with Crippen molar-refractivity contribution in [2.75, 3.05) is 6.61 Å². The number of hydrazine groups is 1. The first-order chi connectivity index (χ1) is 10.2. The van der Waals surface area contributed by atoms with Crippen molar-refractivity contribution in [3.05, 3.63) is 0 Å². The van der Waals surface area contributed by atoms with Crippen LogP contribution in [0.5, 0.6) is 0 Å². The molecule has 0 radical (unpaired) electrons. The third-order valence-corrected chi connectivity index (χ3v) is 6.69. The van der Waals surface area contributed by atoms with Crippen molar-refractivity contribution in [3.8, 4) is 0 Å². The van der Waals surface area contributed by atoms with Gasteiger partial charge in [0.05, 0.1) is 5.60 Å². The molecule has 3 fully saturated rings. The van der Waals surface area contributed by atoms with E-state index in [-0.39, 0.29) is 5.60 Å². The Balaban J connectivity index is 1.71. The largest absolute Gasteiger partial charge is 0.375 e. The molecule has 3 heteroatoms. The topological polar surface area (TPSA) is 47.3 Å². The molecule has 122 valence electrons. The van der Waals surface area contributed by atoms with Crippen molar-refractivity contribution >= 4 is 0 Å². The minimum absolute atomic E-state index is 0.196. The van der Waals surface area contributed by atoms with Gasteiger partial charge in [-0.15, -0.1) is 0 Å². The summed E-state index contributed by atoms with van der Waals surface area (Å²) in [5.41, 5.74) is 3.84. The Hall–Kier alpha value is -0.120. The molecule has 1 heterocycles. The lowest BCUT2D eigenvalue weighted by atomic mass is 9.63. The lowest BCUT2D eigenvalue weighted by Gasteiger charge is -2.50. The summed E-state index contributed by atoms with van der Waals surface area (Å²) in [6.07, 6.45) is 15.9. The molecule has 2 atom stereocenters. The van der Waals surface area contributed by atoms with E-state index in [2.05, 4.69) is 12.3 Å². The molecule has 0 amide bonds. The molecule has 21 heavy (non-hydrogen) atoms. The molecule has 0 aromatic heterocycles. The van der Waals surface area contributed by atoms with Crippen LogP contribution in [0, 0.1) is 11.3 Å². The molecule has 0 aromatic carbocycles. The van der Waals surface area contributed by atoms with E-state index in [0.717, 1.165) is 6.61 Å². The Labute approximate surface area is 130 Å². The summed E-state index contributed by atoms with van der Waals surface area (Å²) in [6.45, 7) is 3.42. The van der Waals surface area contributed by atoms with Crippen LogP contribution in [-0.4, -0.2) is 18.2 Å². The van der Waals surface area contributed by atoms with Gasteiger partial charge in [-0.2, -0.15) is 0 Å². The van der Waals surface area contributed by atoms with Crippen molar-refractivity contribution < 1.29 is 4.74 Å². The number of ether oxygens (including phenoxy) is 1. The fraction of sp³-hybridized carbons (Fsp3) is 1.00. The quantitative estimate of drug-likeness (QED) is 0.612. The lowest BCUT2D eigenvalue weighted by Crippen LogP contribution is -2.56. The van der Waals surface area contributed by atoms with E-state index in [0.29, 0.717) is 17.4 Å². The molecular formula is C18H34N2O. The van der Waals surface area contributed by atoms with E-state index in [1.807, 2.05) is 0 Å². The SMILES string of the molecule is CC1(C(NN)C2CCOC3(CCCCC3)C2)CCCCC1. The molecule has 3 aliphatic rings. The number of hydrogen-bond donors (Lipinski definition) is 2. The highest BCUT2D eigenvalue weighted by Crippen LogP contribution is 2.47. The second-order valence-corrected chi connectivity index (χ2v) is 8.20. The van der Waals surface area contributed by atoms with Crippen LogP contribution in [0.3, 0.4) is 0 Å². The van der Waals surface area contributed by atoms with Gasteiger partial charge in [0.1, 0.15) is 0 Å². The van der Waals surface area contributed by atoms with Crippen LogP contribution >= 0.6 is 0 Å². The molecule has 2 unspecified atom stereocenters. The predicted octanol–water partition coefficient (Wildman–Crippen LogP) is 3.92. The molecule has 3 rings (SSSR count). The number of nitrogens with two attached hydrogens (primary N) is 1. The summed E-state index contributed by atoms with van der Waals surface area (Å²) in [6, 6.07) is 0.473. The van der Waals surface area contributed by atoms with Crippen molar-refractivity contribution in [3.63, 3.8) is 0 Å². The van der Waals surface area contributed by atoms with Gasteiger partial charge < -0.3 is 4.74 Å². The van der Waals surface area contributed by atoms with Crippen molar-refractivity contribution in [1.82, 2.24) is 5.43 Å². The van der Waals surface area contributed by atoms with E-state index < -0.39 is 0 Å². The molecular weight excluding hydrogens is 260 g/mol. The smallest absolute Gasteiger partial charge is 0.0685 e. The normalized spacial score (nSPS) is 33.7. The van der Waals surface area contributed by atoms with Crippen molar-refractivity contribution in [2.24, 2.45) is 17.2 Å². The highest BCUT2D eigenvalue weighted by Gasteiger charge is 2.45. The standard InChI is InChI=1S/C18H34N2O/c1-17(9-4-2-5-10-17)16(20-19)15-8-13-21-18(14-15)11-6-3-7-12-18/h15-16,20H,2-14,19H2,1H3. The summed E-state index contributed by atoms with van der Waals surface area (Å²) < 4.78 is 6.28. The number of hydrogen-bond acceptors (Lipinski definition) is 3. The van der Waals surface area contributed by atoms with Crippen LogP contribution in [0.15, 0.2) is 0 Å². The van der Waals surface area contributed by atoms with Gasteiger partial charge in [-0.05, 0) is 49.9 Å². The molecule has 0 aromatic rings. The Morgan fingerprint density at radius 3 is 2.24 bits per heavy atom. The second kappa shape index (κ2) is 6.55. The van der Waals surface area contributed by atoms with Crippen LogP contribution in [-0.2, 0) is 4.74 Å². The third-order valence-electron chi connectivity index (χ3n) is 6.69. The van der Waals surface area contributed by atoms with Crippen molar-refractivity contribution in [1.29, 1.82) is 0 Å². The lowest BCUT2D eigenvalue weighted by molar-refractivity contribution is -0.129. The molecule has 3 N–H and O–H groups in total. The molecule has 2 aliphatic carbocycles. The maximum Gasteiger partial charge on any atom is 0.0685 e. The highest BCUT2D eigenvalue weighted by molar-refractivity contribution is 4.98. The summed E-state index contributed by atoms with van der Waals surface area (Å²) in [7, 11) is 0. The van der Waals surface area contributed by atoms with Gasteiger partial charge in [0.15, 0.2) is 0 Å². The first-order valence-corrected chi connectivity index (χ1v) is 9.28. The zero-order chi connectivity index (χ0) is 14.8. The zero-order valence-electron chi connectivity index (χ0n) is 13.8. The summed E-state index contributed by atoms with van der Waals surface area (Å²) >= 11 is 0. The summed E-state index contributed by atoms with van der Waals surface area (Å²) in [4.78, 5) is 0. The molecule has 1 saturated heterocycles. The zero-order valence-corrected chi connectivity index (χ0v) is 13.8. The fourth-order valence-corrected chi connectivity index (χ4v) is 5.47. The van der Waals surface area contributed by atoms with Gasteiger partial charge in [-0.1, -0.05) is 45.4 Å². The fourth-order valence-electron chi connectivity index (χ4n) is 5.47. The van der Waals surface area contributed by atoms with Crippen LogP contribution in [0.2, 0.25) is 0 Å². The molecule has 3 nitrogen and oxygen atoms in total. The van der Waals surface area contributed by atoms with Crippen LogP contribution in [0.25, 0.3) is 0 Å². The van der Waals surface area contributed by atoms with E-state index in [1.54, 1.807) is 0 Å². The van der Waals surface area contributed by atoms with Crippen molar-refractivity contribution in [2.45, 2.75) is 95.6 Å². The Kier molecular flexibility index (Phi) is 4.92. The molecule has 0 bridgehead atoms. The van der Waals surface area contributed by atoms with E-state index >= 15 is 0 Å². The molecule has 2 saturated carbocycles. The average molecular weight is 294 g/mol. The van der Waals surface area contributed by atoms with Gasteiger partial charge in [-0.25, -0.2) is 0 Å². The average Bonchev–Trinajstić information content (AvgIpc) is 2.49. The summed E-state index contributed by atoms with van der Waals surface area (Å²) in [5.74, 6) is 6.75. The number of nitrogens with one attached hydrogen (secondary N) is 1. The van der Waals surface area contributed by atoms with E-state index in [9.17, 15) is 0 Å². The van der Waals surface area contributed by atoms with Crippen LogP contribution in [0.1, 0.15) is 84.0 Å². The first-order valence-electron chi connectivity index (χ1n) is 9.28. The van der Waals surface area contributed by atoms with Gasteiger partial charge >= 0.3 is 0 Å². The first kappa shape index (κ1) is 15.8. The Morgan fingerprint density at radius 1 is 1.00 bits per heavy atom. The van der Waals surface area contributed by atoms with Crippen LogP contribution < -0.4 is 11.3 Å².